The minimum Gasteiger partial charge on any atom is -0.345 e. The Bertz CT molecular complexity index is 203. The fourth-order valence-corrected chi connectivity index (χ4v) is 2.51. The van der Waals surface area contributed by atoms with Gasteiger partial charge in [-0.05, 0) is 24.6 Å². The summed E-state index contributed by atoms with van der Waals surface area (Å²) >= 11 is 4.76. The average molecular weight is 210 g/mol. The zero-order valence-corrected chi connectivity index (χ0v) is 9.32. The molecule has 0 aromatic carbocycles. The van der Waals surface area contributed by atoms with E-state index in [4.69, 9.17) is 16.3 Å². The van der Waals surface area contributed by atoms with E-state index in [9.17, 15) is 9.69 Å². The lowest BCUT2D eigenvalue weighted by Gasteiger charge is -2.15. The summed E-state index contributed by atoms with van der Waals surface area (Å²) in [5.74, 6) is 0.205. The zero-order chi connectivity index (χ0) is 9.78. The fourth-order valence-electron chi connectivity index (χ4n) is 0.593. The van der Waals surface area contributed by atoms with Gasteiger partial charge in [0.25, 0.3) is 0 Å². The molecular weight excluding hydrogens is 195 g/mol. The second kappa shape index (κ2) is 5.07. The van der Waals surface area contributed by atoms with Gasteiger partial charge in [0.2, 0.25) is 0 Å². The Balaban J connectivity index is 3.88. The molecule has 0 spiro atoms. The number of ketones is 1. The highest BCUT2D eigenvalue weighted by Crippen LogP contribution is 2.42. The molecule has 5 heteroatoms. The largest absolute Gasteiger partial charge is 0.345 e. The first kappa shape index (κ1) is 12.2. The summed E-state index contributed by atoms with van der Waals surface area (Å²) in [5, 5.41) is 0. The number of Topliss-reactive ketones (excluding diaryl/α,β-unsaturated/α-hetero) is 1. The summed E-state index contributed by atoms with van der Waals surface area (Å²) in [5.41, 5.74) is 0. The lowest BCUT2D eigenvalue weighted by molar-refractivity contribution is -0.114. The van der Waals surface area contributed by atoms with Crippen molar-refractivity contribution in [1.29, 1.82) is 0 Å². The number of carbonyl (C=O) groups excluding carboxylic acids is 1. The van der Waals surface area contributed by atoms with Gasteiger partial charge < -0.3 is 9.42 Å². The summed E-state index contributed by atoms with van der Waals surface area (Å²) in [4.78, 5) is 20.0. The van der Waals surface area contributed by atoms with E-state index < -0.39 is 6.49 Å². The van der Waals surface area contributed by atoms with Crippen molar-refractivity contribution in [3.63, 3.8) is 0 Å². The average Bonchev–Trinajstić information content (AvgIpc) is 1.81. The molecule has 12 heavy (non-hydrogen) atoms. The molecule has 0 aromatic heterocycles. The van der Waals surface area contributed by atoms with Crippen LogP contribution in [0.5, 0.6) is 0 Å². The van der Waals surface area contributed by atoms with Gasteiger partial charge in [0, 0.05) is 0 Å². The first-order valence-electron chi connectivity index (χ1n) is 3.79. The molecule has 3 nitrogen and oxygen atoms in total. The lowest BCUT2D eigenvalue weighted by Crippen LogP contribution is -2.06. The summed E-state index contributed by atoms with van der Waals surface area (Å²) in [6.45, 7) is 2.92. The van der Waals surface area contributed by atoms with Crippen LogP contribution in [0.15, 0.2) is 0 Å². The number of hydrogen-bond donors (Lipinski definition) is 1. The maximum absolute atomic E-state index is 10.6. The van der Waals surface area contributed by atoms with Crippen LogP contribution in [0, 0.1) is 5.92 Å². The van der Waals surface area contributed by atoms with Crippen molar-refractivity contribution in [3.05, 3.63) is 0 Å². The van der Waals surface area contributed by atoms with Crippen molar-refractivity contribution in [2.75, 3.05) is 12.8 Å². The molecular formula is C7H15O3PS. The van der Waals surface area contributed by atoms with Crippen LogP contribution in [-0.4, -0.2) is 23.4 Å². The Morgan fingerprint density at radius 1 is 1.67 bits per heavy atom. The van der Waals surface area contributed by atoms with Crippen molar-refractivity contribution >= 4 is 24.1 Å². The van der Waals surface area contributed by atoms with Gasteiger partial charge in [-0.15, -0.1) is 0 Å². The summed E-state index contributed by atoms with van der Waals surface area (Å²) < 4.78 is 5.06. The molecule has 0 saturated carbocycles. The molecule has 0 heterocycles. The van der Waals surface area contributed by atoms with E-state index >= 15 is 0 Å². The first-order valence-corrected chi connectivity index (χ1v) is 6.65. The lowest BCUT2D eigenvalue weighted by atomic mass is 10.2. The van der Waals surface area contributed by atoms with Crippen LogP contribution in [0.3, 0.4) is 0 Å². The topological polar surface area (TPSA) is 46.5 Å². The third-order valence-electron chi connectivity index (χ3n) is 1.03. The van der Waals surface area contributed by atoms with Crippen LogP contribution in [0.1, 0.15) is 20.8 Å². The molecule has 0 radical (unpaired) electrons. The zero-order valence-electron chi connectivity index (χ0n) is 7.61. The molecule has 1 N–H and O–H groups in total. The van der Waals surface area contributed by atoms with Crippen LogP contribution in [0.25, 0.3) is 0 Å². The van der Waals surface area contributed by atoms with Gasteiger partial charge in [-0.25, -0.2) is 0 Å². The molecule has 0 amide bonds. The Labute approximate surface area is 78.3 Å². The monoisotopic (exact) mass is 210 g/mol. The second-order valence-electron chi connectivity index (χ2n) is 3.19. The SMILES string of the molecule is CC(=O)CP(O)(=S)OCC(C)C. The molecule has 0 fully saturated rings. The predicted molar refractivity (Wildman–Crippen MR) is 52.8 cm³/mol. The summed E-state index contributed by atoms with van der Waals surface area (Å²) in [6.07, 6.45) is -0.0188. The molecule has 0 aliphatic heterocycles. The third-order valence-corrected chi connectivity index (χ3v) is 3.13. The van der Waals surface area contributed by atoms with Gasteiger partial charge in [0.15, 0.2) is 6.49 Å². The van der Waals surface area contributed by atoms with Crippen molar-refractivity contribution in [1.82, 2.24) is 0 Å². The molecule has 1 atom stereocenters. The van der Waals surface area contributed by atoms with Crippen LogP contribution >= 0.6 is 6.49 Å². The highest BCUT2D eigenvalue weighted by atomic mass is 32.5. The molecule has 1 unspecified atom stereocenters. The predicted octanol–water partition coefficient (Wildman–Crippen LogP) is 1.55. The molecule has 0 saturated heterocycles. The maximum Gasteiger partial charge on any atom is 0.193 e. The molecule has 0 rings (SSSR count). The van der Waals surface area contributed by atoms with Crippen LogP contribution < -0.4 is 0 Å². The van der Waals surface area contributed by atoms with E-state index in [1.807, 2.05) is 13.8 Å². The third kappa shape index (κ3) is 6.92. The maximum atomic E-state index is 10.6. The second-order valence-corrected chi connectivity index (χ2v) is 6.75. The van der Waals surface area contributed by atoms with Gasteiger partial charge in [-0.3, -0.25) is 4.79 Å². The summed E-state index contributed by atoms with van der Waals surface area (Å²) in [7, 11) is 0. The summed E-state index contributed by atoms with van der Waals surface area (Å²) in [6, 6.07) is 0. The Morgan fingerprint density at radius 2 is 2.17 bits per heavy atom. The van der Waals surface area contributed by atoms with Crippen LogP contribution in [0.2, 0.25) is 0 Å². The number of carbonyl (C=O) groups is 1. The Kier molecular flexibility index (Phi) is 5.18. The van der Waals surface area contributed by atoms with Gasteiger partial charge in [-0.1, -0.05) is 13.8 Å². The van der Waals surface area contributed by atoms with Crippen LogP contribution in [0.4, 0.5) is 0 Å². The van der Waals surface area contributed by atoms with E-state index in [0.29, 0.717) is 12.5 Å². The standard InChI is InChI=1S/C7H15O3PS/c1-6(2)4-10-11(9,12)5-7(3)8/h6H,4-5H2,1-3H3,(H,9,12). The van der Waals surface area contributed by atoms with Gasteiger partial charge in [0.1, 0.15) is 5.78 Å². The Hall–Kier alpha value is 0.240. The molecule has 0 aliphatic rings. The minimum atomic E-state index is -2.82. The van der Waals surface area contributed by atoms with Crippen molar-refractivity contribution in [2.45, 2.75) is 20.8 Å². The van der Waals surface area contributed by atoms with Crippen LogP contribution in [-0.2, 0) is 21.1 Å². The quantitative estimate of drug-likeness (QED) is 0.699. The molecule has 0 aliphatic carbocycles. The first-order chi connectivity index (χ1) is 5.33. The minimum absolute atomic E-state index is 0.0188. The normalized spacial score (nSPS) is 16.1. The van der Waals surface area contributed by atoms with E-state index in [1.165, 1.54) is 6.92 Å². The van der Waals surface area contributed by atoms with E-state index in [0.717, 1.165) is 0 Å². The fraction of sp³-hybridized carbons (Fsp3) is 0.857. The van der Waals surface area contributed by atoms with E-state index in [-0.39, 0.29) is 11.9 Å². The van der Waals surface area contributed by atoms with E-state index in [2.05, 4.69) is 0 Å². The highest BCUT2D eigenvalue weighted by Gasteiger charge is 2.16. The van der Waals surface area contributed by atoms with Crippen molar-refractivity contribution in [2.24, 2.45) is 5.92 Å². The van der Waals surface area contributed by atoms with E-state index in [1.54, 1.807) is 0 Å². The highest BCUT2D eigenvalue weighted by molar-refractivity contribution is 8.09. The van der Waals surface area contributed by atoms with Gasteiger partial charge >= 0.3 is 0 Å². The Morgan fingerprint density at radius 3 is 2.50 bits per heavy atom. The van der Waals surface area contributed by atoms with Gasteiger partial charge in [0.05, 0.1) is 12.8 Å². The van der Waals surface area contributed by atoms with Crippen molar-refractivity contribution in [3.8, 4) is 0 Å². The number of hydrogen-bond acceptors (Lipinski definition) is 3. The van der Waals surface area contributed by atoms with Gasteiger partial charge in [-0.2, -0.15) is 0 Å². The molecule has 72 valence electrons. The number of rotatable bonds is 5. The van der Waals surface area contributed by atoms with Crippen molar-refractivity contribution < 1.29 is 14.2 Å². The molecule has 0 aromatic rings. The molecule has 0 bridgehead atoms. The smallest absolute Gasteiger partial charge is 0.193 e.